The number of alkyl halides is 3. The number of hydrogen-bond acceptors (Lipinski definition) is 4. The van der Waals surface area contributed by atoms with E-state index >= 15 is 0 Å². The molecule has 1 saturated heterocycles. The van der Waals surface area contributed by atoms with E-state index in [1.807, 2.05) is 35.2 Å². The minimum atomic E-state index is -5.00. The molecule has 0 unspecified atom stereocenters. The monoisotopic (exact) mass is 370 g/mol. The third-order valence-electron chi connectivity index (χ3n) is 5.03. The second-order valence-electron chi connectivity index (χ2n) is 6.86. The van der Waals surface area contributed by atoms with Crippen molar-refractivity contribution in [1.82, 2.24) is 10.4 Å². The number of hydroxylamine groups is 1. The van der Waals surface area contributed by atoms with Crippen molar-refractivity contribution in [1.29, 1.82) is 0 Å². The molecule has 0 aromatic heterocycles. The van der Waals surface area contributed by atoms with Crippen LogP contribution in [-0.2, 0) is 14.4 Å². The van der Waals surface area contributed by atoms with Crippen LogP contribution in [0.2, 0.25) is 0 Å². The van der Waals surface area contributed by atoms with Gasteiger partial charge in [0.05, 0.1) is 0 Å². The van der Waals surface area contributed by atoms with Crippen LogP contribution in [0.5, 0.6) is 0 Å². The summed E-state index contributed by atoms with van der Waals surface area (Å²) < 4.78 is 36.1. The zero-order valence-corrected chi connectivity index (χ0v) is 14.2. The Labute approximate surface area is 149 Å². The largest absolute Gasteiger partial charge is 0.492 e. The third kappa shape index (κ3) is 4.55. The van der Waals surface area contributed by atoms with Crippen molar-refractivity contribution < 1.29 is 27.6 Å². The second-order valence-corrected chi connectivity index (χ2v) is 6.86. The number of nitrogens with one attached hydrogen (secondary N) is 1. The smallest absolute Gasteiger partial charge is 0.364 e. The van der Waals surface area contributed by atoms with E-state index in [-0.39, 0.29) is 24.3 Å². The minimum Gasteiger partial charge on any atom is -0.364 e. The van der Waals surface area contributed by atoms with E-state index in [0.29, 0.717) is 31.8 Å². The maximum atomic E-state index is 12.6. The molecule has 1 aromatic rings. The van der Waals surface area contributed by atoms with Gasteiger partial charge in [0.2, 0.25) is 5.91 Å². The van der Waals surface area contributed by atoms with Crippen molar-refractivity contribution in [3.8, 4) is 0 Å². The molecule has 1 amide bonds. The van der Waals surface area contributed by atoms with Crippen LogP contribution >= 0.6 is 0 Å². The van der Waals surface area contributed by atoms with E-state index in [1.165, 1.54) is 5.56 Å². The number of nitrogens with zero attached hydrogens (tertiary/aromatic N) is 1. The highest BCUT2D eigenvalue weighted by atomic mass is 19.4. The normalized spacial score (nSPS) is 23.6. The predicted molar refractivity (Wildman–Crippen MR) is 86.7 cm³/mol. The van der Waals surface area contributed by atoms with Gasteiger partial charge in [0.1, 0.15) is 0 Å². The molecular weight excluding hydrogens is 349 g/mol. The van der Waals surface area contributed by atoms with Crippen LogP contribution in [0.25, 0.3) is 0 Å². The Balaban J connectivity index is 1.38. The lowest BCUT2D eigenvalue weighted by Gasteiger charge is -2.32. The lowest BCUT2D eigenvalue weighted by atomic mass is 9.96. The van der Waals surface area contributed by atoms with Gasteiger partial charge in [0.25, 0.3) is 0 Å². The molecule has 3 rings (SSSR count). The quantitative estimate of drug-likeness (QED) is 0.810. The summed E-state index contributed by atoms with van der Waals surface area (Å²) in [5.41, 5.74) is 3.29. The summed E-state index contributed by atoms with van der Waals surface area (Å²) in [6.45, 7) is 1.31. The number of carbonyl (C=O) groups excluding carboxylic acids is 2. The molecule has 1 aliphatic heterocycles. The van der Waals surface area contributed by atoms with E-state index in [1.54, 1.807) is 0 Å². The van der Waals surface area contributed by atoms with Crippen LogP contribution in [-0.4, -0.2) is 42.6 Å². The summed E-state index contributed by atoms with van der Waals surface area (Å²) in [6, 6.07) is 9.97. The van der Waals surface area contributed by atoms with E-state index in [0.717, 1.165) is 6.42 Å². The van der Waals surface area contributed by atoms with Crippen LogP contribution in [0.3, 0.4) is 0 Å². The first-order chi connectivity index (χ1) is 12.4. The average Bonchev–Trinajstić information content (AvgIpc) is 3.42. The first-order valence-corrected chi connectivity index (χ1v) is 8.71. The average molecular weight is 370 g/mol. The Morgan fingerprint density at radius 1 is 1.15 bits per heavy atom. The summed E-state index contributed by atoms with van der Waals surface area (Å²) in [4.78, 5) is 29.0. The molecule has 26 heavy (non-hydrogen) atoms. The molecule has 2 atom stereocenters. The maximum Gasteiger partial charge on any atom is 0.492 e. The number of amides is 1. The van der Waals surface area contributed by atoms with Gasteiger partial charge in [-0.05, 0) is 36.7 Å². The highest BCUT2D eigenvalue weighted by Gasteiger charge is 2.46. The van der Waals surface area contributed by atoms with Crippen LogP contribution < -0.4 is 5.48 Å². The molecule has 1 heterocycles. The summed E-state index contributed by atoms with van der Waals surface area (Å²) in [7, 11) is 0. The Kier molecular flexibility index (Phi) is 5.50. The zero-order chi connectivity index (χ0) is 18.7. The Morgan fingerprint density at radius 3 is 2.42 bits per heavy atom. The standard InChI is InChI=1S/C18H21F3N2O3/c19-18(20,21)17(25)26-22-11-12-6-8-23(9-7-12)16(24)15-10-14(15)13-4-2-1-3-5-13/h1-5,12,14-15,22H,6-11H2/t14-,15+/m0/s1. The highest BCUT2D eigenvalue weighted by Crippen LogP contribution is 2.48. The molecule has 5 nitrogen and oxygen atoms in total. The van der Waals surface area contributed by atoms with Crippen molar-refractivity contribution >= 4 is 11.9 Å². The Bertz CT molecular complexity index is 643. The van der Waals surface area contributed by atoms with E-state index < -0.39 is 12.1 Å². The third-order valence-corrected chi connectivity index (χ3v) is 5.03. The molecule has 1 aliphatic carbocycles. The number of benzene rings is 1. The molecule has 1 N–H and O–H groups in total. The first-order valence-electron chi connectivity index (χ1n) is 8.71. The second kappa shape index (κ2) is 7.65. The van der Waals surface area contributed by atoms with Gasteiger partial charge in [0.15, 0.2) is 0 Å². The number of rotatable bonds is 5. The van der Waals surface area contributed by atoms with Crippen LogP contribution in [0.4, 0.5) is 13.2 Å². The maximum absolute atomic E-state index is 12.6. The van der Waals surface area contributed by atoms with Crippen molar-refractivity contribution in [3.63, 3.8) is 0 Å². The summed E-state index contributed by atoms with van der Waals surface area (Å²) in [5, 5.41) is 0. The van der Waals surface area contributed by atoms with Gasteiger partial charge >= 0.3 is 12.1 Å². The van der Waals surface area contributed by atoms with E-state index in [9.17, 15) is 22.8 Å². The molecular formula is C18H21F3N2O3. The summed E-state index contributed by atoms with van der Waals surface area (Å²) >= 11 is 0. The van der Waals surface area contributed by atoms with E-state index in [4.69, 9.17) is 0 Å². The highest BCUT2D eigenvalue weighted by molar-refractivity contribution is 5.83. The van der Waals surface area contributed by atoms with Crippen molar-refractivity contribution in [2.24, 2.45) is 11.8 Å². The molecule has 2 aliphatic rings. The molecule has 1 aromatic carbocycles. The number of carbonyl (C=O) groups is 2. The molecule has 0 spiro atoms. The number of halogens is 3. The first kappa shape index (κ1) is 18.7. The molecule has 2 fully saturated rings. The van der Waals surface area contributed by atoms with Crippen molar-refractivity contribution in [2.45, 2.75) is 31.4 Å². The Morgan fingerprint density at radius 2 is 1.81 bits per heavy atom. The fourth-order valence-corrected chi connectivity index (χ4v) is 3.41. The molecule has 8 heteroatoms. The molecule has 0 bridgehead atoms. The van der Waals surface area contributed by atoms with E-state index in [2.05, 4.69) is 10.3 Å². The zero-order valence-electron chi connectivity index (χ0n) is 14.2. The SMILES string of the molecule is O=C([C@@H]1C[C@H]1c1ccccc1)N1CCC(CNOC(=O)C(F)(F)F)CC1. The van der Waals surface area contributed by atoms with Crippen molar-refractivity contribution in [2.75, 3.05) is 19.6 Å². The fourth-order valence-electron chi connectivity index (χ4n) is 3.41. The number of piperidine rings is 1. The van der Waals surface area contributed by atoms with Gasteiger partial charge in [-0.3, -0.25) is 4.79 Å². The lowest BCUT2D eigenvalue weighted by molar-refractivity contribution is -0.207. The van der Waals surface area contributed by atoms with Crippen LogP contribution in [0.15, 0.2) is 30.3 Å². The lowest BCUT2D eigenvalue weighted by Crippen LogP contribution is -2.42. The molecule has 142 valence electrons. The van der Waals surface area contributed by atoms with Gasteiger partial charge in [-0.25, -0.2) is 4.79 Å². The summed E-state index contributed by atoms with van der Waals surface area (Å²) in [5.74, 6) is -1.67. The fraction of sp³-hybridized carbons (Fsp3) is 0.556. The van der Waals surface area contributed by atoms with Gasteiger partial charge in [-0.15, -0.1) is 0 Å². The summed E-state index contributed by atoms with van der Waals surface area (Å²) in [6.07, 6.45) is -2.78. The minimum absolute atomic E-state index is 0.0415. The van der Waals surface area contributed by atoms with Gasteiger partial charge in [-0.2, -0.15) is 18.7 Å². The van der Waals surface area contributed by atoms with Gasteiger partial charge < -0.3 is 9.74 Å². The number of likely N-dealkylation sites (tertiary alicyclic amines) is 1. The number of hydrogen-bond donors (Lipinski definition) is 1. The van der Waals surface area contributed by atoms with Gasteiger partial charge in [0, 0.05) is 25.6 Å². The molecule has 1 saturated carbocycles. The van der Waals surface area contributed by atoms with Crippen LogP contribution in [0.1, 0.15) is 30.7 Å². The van der Waals surface area contributed by atoms with Crippen LogP contribution in [0, 0.1) is 11.8 Å². The van der Waals surface area contributed by atoms with Gasteiger partial charge in [-0.1, -0.05) is 30.3 Å². The topological polar surface area (TPSA) is 58.6 Å². The molecule has 0 radical (unpaired) electrons. The van der Waals surface area contributed by atoms with Crippen molar-refractivity contribution in [3.05, 3.63) is 35.9 Å². The predicted octanol–water partition coefficient (Wildman–Crippen LogP) is 2.64. The Hall–Kier alpha value is -2.09.